The van der Waals surface area contributed by atoms with E-state index in [0.29, 0.717) is 6.61 Å². The van der Waals surface area contributed by atoms with Gasteiger partial charge in [-0.3, -0.25) is 0 Å². The van der Waals surface area contributed by atoms with Crippen LogP contribution in [0.2, 0.25) is 0 Å². The van der Waals surface area contributed by atoms with Gasteiger partial charge in [0.25, 0.3) is 0 Å². The number of carbonyl (C=O) groups is 1. The molecule has 0 aliphatic carbocycles. The van der Waals surface area contributed by atoms with Gasteiger partial charge in [0, 0.05) is 34.4 Å². The highest BCUT2D eigenvalue weighted by atomic mass is 16.5. The van der Waals surface area contributed by atoms with Gasteiger partial charge >= 0.3 is 5.97 Å². The second-order valence-corrected chi connectivity index (χ2v) is 3.41. The number of ether oxygens (including phenoxy) is 1. The van der Waals surface area contributed by atoms with Gasteiger partial charge < -0.3 is 14.5 Å². The minimum Gasteiger partial charge on any atom is -0.461 e. The van der Waals surface area contributed by atoms with Crippen LogP contribution in [0.5, 0.6) is 0 Å². The van der Waals surface area contributed by atoms with E-state index >= 15 is 0 Å². The lowest BCUT2D eigenvalue weighted by molar-refractivity contribution is -0.138. The smallest absolute Gasteiger partial charge is 0.358 e. The largest absolute Gasteiger partial charge is 0.461 e. The van der Waals surface area contributed by atoms with Crippen LogP contribution in [-0.4, -0.2) is 56.9 Å². The molecule has 0 aromatic rings. The molecular formula is C10H19N3O2. The van der Waals surface area contributed by atoms with Crippen LogP contribution in [-0.2, 0) is 9.53 Å². The topological polar surface area (TPSA) is 45.1 Å². The third-order valence-electron chi connectivity index (χ3n) is 1.29. The highest BCUT2D eigenvalue weighted by Crippen LogP contribution is 2.01. The molecule has 0 aromatic heterocycles. The second-order valence-electron chi connectivity index (χ2n) is 3.41. The van der Waals surface area contributed by atoms with Gasteiger partial charge in [0.05, 0.1) is 12.9 Å². The van der Waals surface area contributed by atoms with Crippen LogP contribution in [0.15, 0.2) is 16.9 Å². The Kier molecular flexibility index (Phi) is 6.17. The van der Waals surface area contributed by atoms with Gasteiger partial charge in [-0.25, -0.2) is 9.79 Å². The van der Waals surface area contributed by atoms with Gasteiger partial charge in [0.15, 0.2) is 5.70 Å². The SMILES string of the molecule is CCOC(=O)/C(=C/N(C)C)N=CN(C)C. The maximum Gasteiger partial charge on any atom is 0.358 e. The number of esters is 1. The molecule has 0 aliphatic rings. The van der Waals surface area contributed by atoms with E-state index in [1.807, 2.05) is 28.2 Å². The van der Waals surface area contributed by atoms with Crippen molar-refractivity contribution in [2.24, 2.45) is 4.99 Å². The third kappa shape index (κ3) is 6.54. The lowest BCUT2D eigenvalue weighted by Gasteiger charge is -2.09. The Morgan fingerprint density at radius 2 is 1.87 bits per heavy atom. The monoisotopic (exact) mass is 213 g/mol. The Balaban J connectivity index is 4.66. The van der Waals surface area contributed by atoms with Crippen molar-refractivity contribution in [3.05, 3.63) is 11.9 Å². The first-order valence-corrected chi connectivity index (χ1v) is 4.73. The zero-order valence-corrected chi connectivity index (χ0v) is 10.0. The summed E-state index contributed by atoms with van der Waals surface area (Å²) in [6.45, 7) is 2.11. The standard InChI is InChI=1S/C10H19N3O2/c1-6-15-10(14)9(7-12(2)3)11-8-13(4)5/h7-8H,6H2,1-5H3/b9-7-,11-8?. The second kappa shape index (κ2) is 6.86. The number of hydrogen-bond donors (Lipinski definition) is 0. The van der Waals surface area contributed by atoms with Crippen LogP contribution in [0.4, 0.5) is 0 Å². The van der Waals surface area contributed by atoms with Crippen molar-refractivity contribution in [2.75, 3.05) is 34.8 Å². The Hall–Kier alpha value is -1.52. The molecule has 5 nitrogen and oxygen atoms in total. The lowest BCUT2D eigenvalue weighted by atomic mass is 10.4. The van der Waals surface area contributed by atoms with Gasteiger partial charge in [-0.15, -0.1) is 0 Å². The first-order valence-electron chi connectivity index (χ1n) is 4.73. The summed E-state index contributed by atoms with van der Waals surface area (Å²) in [7, 11) is 7.32. The zero-order chi connectivity index (χ0) is 11.8. The Bertz CT molecular complexity index is 257. The van der Waals surface area contributed by atoms with Crippen LogP contribution < -0.4 is 0 Å². The minimum absolute atomic E-state index is 0.288. The van der Waals surface area contributed by atoms with Crippen molar-refractivity contribution in [1.29, 1.82) is 0 Å². The molecule has 0 fully saturated rings. The van der Waals surface area contributed by atoms with E-state index in [1.54, 1.807) is 29.3 Å². The summed E-state index contributed by atoms with van der Waals surface area (Å²) in [6.07, 6.45) is 3.18. The predicted octanol–water partition coefficient (Wildman–Crippen LogP) is 0.542. The minimum atomic E-state index is -0.413. The molecule has 0 radical (unpaired) electrons. The van der Waals surface area contributed by atoms with Crippen LogP contribution in [0.25, 0.3) is 0 Å². The van der Waals surface area contributed by atoms with Gasteiger partial charge in [-0.2, -0.15) is 0 Å². The molecule has 0 spiro atoms. The van der Waals surface area contributed by atoms with Crippen LogP contribution >= 0.6 is 0 Å². The first kappa shape index (κ1) is 13.5. The van der Waals surface area contributed by atoms with E-state index in [4.69, 9.17) is 4.74 Å². The quantitative estimate of drug-likeness (QED) is 0.289. The molecule has 0 aliphatic heterocycles. The first-order chi connectivity index (χ1) is 6.97. The summed E-state index contributed by atoms with van der Waals surface area (Å²) in [5.41, 5.74) is 0.288. The summed E-state index contributed by atoms with van der Waals surface area (Å²) in [5.74, 6) is -0.413. The maximum atomic E-state index is 11.4. The number of hydrogen-bond acceptors (Lipinski definition) is 4. The molecule has 0 aromatic carbocycles. The highest BCUT2D eigenvalue weighted by Gasteiger charge is 2.08. The van der Waals surface area contributed by atoms with Crippen molar-refractivity contribution in [1.82, 2.24) is 9.80 Å². The van der Waals surface area contributed by atoms with E-state index < -0.39 is 5.97 Å². The molecule has 0 saturated heterocycles. The fraction of sp³-hybridized carbons (Fsp3) is 0.600. The fourth-order valence-corrected chi connectivity index (χ4v) is 0.766. The average Bonchev–Trinajstić information content (AvgIpc) is 2.11. The van der Waals surface area contributed by atoms with Gasteiger partial charge in [0.1, 0.15) is 0 Å². The van der Waals surface area contributed by atoms with Crippen molar-refractivity contribution in [3.8, 4) is 0 Å². The molecule has 0 bridgehead atoms. The van der Waals surface area contributed by atoms with Crippen LogP contribution in [0.3, 0.4) is 0 Å². The Morgan fingerprint density at radius 1 is 1.27 bits per heavy atom. The van der Waals surface area contributed by atoms with Crippen molar-refractivity contribution >= 4 is 12.3 Å². The van der Waals surface area contributed by atoms with Gasteiger partial charge in [-0.05, 0) is 6.92 Å². The van der Waals surface area contributed by atoms with Crippen LogP contribution in [0, 0.1) is 0 Å². The van der Waals surface area contributed by atoms with E-state index in [1.165, 1.54) is 0 Å². The van der Waals surface area contributed by atoms with Gasteiger partial charge in [-0.1, -0.05) is 0 Å². The zero-order valence-electron chi connectivity index (χ0n) is 10.0. The average molecular weight is 213 g/mol. The summed E-state index contributed by atoms with van der Waals surface area (Å²) in [5, 5.41) is 0. The fourth-order valence-electron chi connectivity index (χ4n) is 0.766. The van der Waals surface area contributed by atoms with E-state index in [9.17, 15) is 4.79 Å². The maximum absolute atomic E-state index is 11.4. The summed E-state index contributed by atoms with van der Waals surface area (Å²) in [6, 6.07) is 0. The molecule has 5 heteroatoms. The number of nitrogens with zero attached hydrogens (tertiary/aromatic N) is 3. The molecule has 0 amide bonds. The molecule has 86 valence electrons. The van der Waals surface area contributed by atoms with Crippen molar-refractivity contribution in [2.45, 2.75) is 6.92 Å². The molecule has 15 heavy (non-hydrogen) atoms. The summed E-state index contributed by atoms with van der Waals surface area (Å²) >= 11 is 0. The Morgan fingerprint density at radius 3 is 2.27 bits per heavy atom. The van der Waals surface area contributed by atoms with E-state index in [2.05, 4.69) is 4.99 Å². The third-order valence-corrected chi connectivity index (χ3v) is 1.29. The van der Waals surface area contributed by atoms with Crippen LogP contribution in [0.1, 0.15) is 6.92 Å². The van der Waals surface area contributed by atoms with E-state index in [-0.39, 0.29) is 5.70 Å². The molecule has 0 heterocycles. The molecular weight excluding hydrogens is 194 g/mol. The molecule has 0 saturated carbocycles. The summed E-state index contributed by atoms with van der Waals surface area (Å²) < 4.78 is 4.87. The van der Waals surface area contributed by atoms with Crippen molar-refractivity contribution < 1.29 is 9.53 Å². The molecule has 0 atom stereocenters. The molecule has 0 rings (SSSR count). The van der Waals surface area contributed by atoms with E-state index in [0.717, 1.165) is 0 Å². The number of aliphatic imine (C=N–C) groups is 1. The number of rotatable bonds is 5. The summed E-state index contributed by atoms with van der Waals surface area (Å²) in [4.78, 5) is 19.0. The van der Waals surface area contributed by atoms with Crippen molar-refractivity contribution in [3.63, 3.8) is 0 Å². The molecule has 0 unspecified atom stereocenters. The lowest BCUT2D eigenvalue weighted by Crippen LogP contribution is -2.14. The van der Waals surface area contributed by atoms with Gasteiger partial charge in [0.2, 0.25) is 0 Å². The Labute approximate surface area is 91.0 Å². The predicted molar refractivity (Wildman–Crippen MR) is 60.6 cm³/mol. The highest BCUT2D eigenvalue weighted by molar-refractivity contribution is 5.89. The normalized spacial score (nSPS) is 11.7. The number of carbonyl (C=O) groups excluding carboxylic acids is 1. The molecule has 0 N–H and O–H groups in total.